The normalized spacial score (nSPS) is 20.7. The number of hydrogen-bond acceptors (Lipinski definition) is 3. The zero-order chi connectivity index (χ0) is 11.3. The largest absolute Gasteiger partial charge is 0.329 e. The number of rotatable bonds is 6. The SMILES string of the molecule is CCC(CN)S(=O)(=O)NCC1CCCC1. The van der Waals surface area contributed by atoms with Gasteiger partial charge < -0.3 is 5.73 Å². The van der Waals surface area contributed by atoms with E-state index in [2.05, 4.69) is 4.72 Å². The molecule has 5 heteroatoms. The number of sulfonamides is 1. The summed E-state index contributed by atoms with van der Waals surface area (Å²) in [5, 5.41) is -0.432. The Hall–Kier alpha value is -0.130. The highest BCUT2D eigenvalue weighted by molar-refractivity contribution is 7.90. The summed E-state index contributed by atoms with van der Waals surface area (Å²) < 4.78 is 26.2. The van der Waals surface area contributed by atoms with E-state index in [-0.39, 0.29) is 6.54 Å². The van der Waals surface area contributed by atoms with Crippen molar-refractivity contribution < 1.29 is 8.42 Å². The molecule has 0 bridgehead atoms. The second kappa shape index (κ2) is 5.82. The molecule has 1 rings (SSSR count). The zero-order valence-electron chi connectivity index (χ0n) is 9.41. The molecule has 1 atom stereocenters. The van der Waals surface area contributed by atoms with Gasteiger partial charge in [0.1, 0.15) is 0 Å². The molecule has 0 aromatic rings. The van der Waals surface area contributed by atoms with E-state index in [1.165, 1.54) is 12.8 Å². The smallest absolute Gasteiger partial charge is 0.215 e. The molecule has 0 aromatic carbocycles. The van der Waals surface area contributed by atoms with Crippen molar-refractivity contribution in [3.05, 3.63) is 0 Å². The van der Waals surface area contributed by atoms with Crippen LogP contribution in [0.4, 0.5) is 0 Å². The van der Waals surface area contributed by atoms with Gasteiger partial charge in [-0.1, -0.05) is 19.8 Å². The molecule has 1 unspecified atom stereocenters. The Labute approximate surface area is 92.7 Å². The average Bonchev–Trinajstić information content (AvgIpc) is 2.69. The predicted octanol–water partition coefficient (Wildman–Crippen LogP) is 0.833. The Kier molecular flexibility index (Phi) is 5.02. The summed E-state index contributed by atoms with van der Waals surface area (Å²) >= 11 is 0. The lowest BCUT2D eigenvalue weighted by molar-refractivity contribution is 0.511. The number of nitrogens with one attached hydrogen (secondary N) is 1. The first-order valence-electron chi connectivity index (χ1n) is 5.78. The molecule has 1 aliphatic carbocycles. The van der Waals surface area contributed by atoms with Crippen LogP contribution < -0.4 is 10.5 Å². The Morgan fingerprint density at radius 2 is 2.00 bits per heavy atom. The van der Waals surface area contributed by atoms with Crippen LogP contribution in [0, 0.1) is 5.92 Å². The monoisotopic (exact) mass is 234 g/mol. The summed E-state index contributed by atoms with van der Waals surface area (Å²) in [6, 6.07) is 0. The van der Waals surface area contributed by atoms with E-state index in [0.29, 0.717) is 18.9 Å². The molecule has 90 valence electrons. The Bertz CT molecular complexity index is 267. The van der Waals surface area contributed by atoms with Crippen LogP contribution >= 0.6 is 0 Å². The van der Waals surface area contributed by atoms with Crippen LogP contribution in [0.3, 0.4) is 0 Å². The quantitative estimate of drug-likeness (QED) is 0.715. The molecule has 15 heavy (non-hydrogen) atoms. The third-order valence-corrected chi connectivity index (χ3v) is 5.18. The van der Waals surface area contributed by atoms with Gasteiger partial charge in [-0.3, -0.25) is 0 Å². The third-order valence-electron chi connectivity index (χ3n) is 3.21. The summed E-state index contributed by atoms with van der Waals surface area (Å²) in [5.74, 6) is 0.537. The lowest BCUT2D eigenvalue weighted by atomic mass is 10.1. The Morgan fingerprint density at radius 3 is 2.47 bits per heavy atom. The Morgan fingerprint density at radius 1 is 1.40 bits per heavy atom. The first kappa shape index (κ1) is 12.9. The standard InChI is InChI=1S/C10H22N2O2S/c1-2-10(7-11)15(13,14)12-8-9-5-3-4-6-9/h9-10,12H,2-8,11H2,1H3. The van der Waals surface area contributed by atoms with Crippen molar-refractivity contribution in [1.29, 1.82) is 0 Å². The van der Waals surface area contributed by atoms with E-state index in [0.717, 1.165) is 12.8 Å². The van der Waals surface area contributed by atoms with Crippen molar-refractivity contribution in [3.8, 4) is 0 Å². The van der Waals surface area contributed by atoms with E-state index in [1.807, 2.05) is 6.92 Å². The van der Waals surface area contributed by atoms with Crippen molar-refractivity contribution in [2.24, 2.45) is 11.7 Å². The second-order valence-corrected chi connectivity index (χ2v) is 6.36. The van der Waals surface area contributed by atoms with Crippen molar-refractivity contribution in [2.45, 2.75) is 44.3 Å². The van der Waals surface area contributed by atoms with Crippen molar-refractivity contribution in [2.75, 3.05) is 13.1 Å². The fourth-order valence-electron chi connectivity index (χ4n) is 2.08. The highest BCUT2D eigenvalue weighted by Crippen LogP contribution is 2.24. The van der Waals surface area contributed by atoms with Crippen LogP contribution in [-0.4, -0.2) is 26.8 Å². The molecule has 0 amide bonds. The molecule has 1 saturated carbocycles. The molecule has 1 fully saturated rings. The molecule has 0 spiro atoms. The van der Waals surface area contributed by atoms with Gasteiger partial charge in [-0.25, -0.2) is 13.1 Å². The molecule has 0 radical (unpaired) electrons. The molecular weight excluding hydrogens is 212 g/mol. The summed E-state index contributed by atoms with van der Waals surface area (Å²) in [5.41, 5.74) is 5.43. The summed E-state index contributed by atoms with van der Waals surface area (Å²) in [7, 11) is -3.18. The van der Waals surface area contributed by atoms with Gasteiger partial charge in [0.05, 0.1) is 5.25 Å². The minimum absolute atomic E-state index is 0.205. The molecule has 0 saturated heterocycles. The fraction of sp³-hybridized carbons (Fsp3) is 1.00. The molecular formula is C10H22N2O2S. The predicted molar refractivity (Wildman–Crippen MR) is 62.0 cm³/mol. The fourth-order valence-corrected chi connectivity index (χ4v) is 3.48. The van der Waals surface area contributed by atoms with Crippen molar-refractivity contribution >= 4 is 10.0 Å². The molecule has 0 aliphatic heterocycles. The van der Waals surface area contributed by atoms with Gasteiger partial charge in [0.25, 0.3) is 0 Å². The van der Waals surface area contributed by atoms with E-state index in [4.69, 9.17) is 5.73 Å². The maximum atomic E-state index is 11.8. The van der Waals surface area contributed by atoms with Gasteiger partial charge >= 0.3 is 0 Å². The molecule has 4 nitrogen and oxygen atoms in total. The highest BCUT2D eigenvalue weighted by atomic mass is 32.2. The lowest BCUT2D eigenvalue weighted by Gasteiger charge is -2.16. The number of nitrogens with two attached hydrogens (primary N) is 1. The van der Waals surface area contributed by atoms with Gasteiger partial charge in [0.15, 0.2) is 0 Å². The van der Waals surface area contributed by atoms with E-state index in [1.54, 1.807) is 0 Å². The van der Waals surface area contributed by atoms with Gasteiger partial charge in [-0.05, 0) is 25.2 Å². The molecule has 3 N–H and O–H groups in total. The second-order valence-electron chi connectivity index (χ2n) is 4.31. The maximum absolute atomic E-state index is 11.8. The molecule has 1 aliphatic rings. The molecule has 0 heterocycles. The van der Waals surface area contributed by atoms with Crippen LogP contribution in [-0.2, 0) is 10.0 Å². The van der Waals surface area contributed by atoms with Crippen molar-refractivity contribution in [3.63, 3.8) is 0 Å². The van der Waals surface area contributed by atoms with Crippen LogP contribution in [0.5, 0.6) is 0 Å². The van der Waals surface area contributed by atoms with Gasteiger partial charge in [0, 0.05) is 13.1 Å². The average molecular weight is 234 g/mol. The highest BCUT2D eigenvalue weighted by Gasteiger charge is 2.24. The van der Waals surface area contributed by atoms with E-state index in [9.17, 15) is 8.42 Å². The van der Waals surface area contributed by atoms with Crippen LogP contribution in [0.25, 0.3) is 0 Å². The first-order valence-corrected chi connectivity index (χ1v) is 7.33. The van der Waals surface area contributed by atoms with Crippen LogP contribution in [0.2, 0.25) is 0 Å². The van der Waals surface area contributed by atoms with Crippen LogP contribution in [0.1, 0.15) is 39.0 Å². The maximum Gasteiger partial charge on any atom is 0.215 e. The lowest BCUT2D eigenvalue weighted by Crippen LogP contribution is -2.40. The number of hydrogen-bond donors (Lipinski definition) is 2. The minimum atomic E-state index is -3.18. The minimum Gasteiger partial charge on any atom is -0.329 e. The zero-order valence-corrected chi connectivity index (χ0v) is 10.2. The first-order chi connectivity index (χ1) is 7.10. The molecule has 0 aromatic heterocycles. The van der Waals surface area contributed by atoms with E-state index >= 15 is 0 Å². The van der Waals surface area contributed by atoms with Crippen LogP contribution in [0.15, 0.2) is 0 Å². The van der Waals surface area contributed by atoms with Crippen molar-refractivity contribution in [1.82, 2.24) is 4.72 Å². The van der Waals surface area contributed by atoms with Gasteiger partial charge in [0.2, 0.25) is 10.0 Å². The summed E-state index contributed by atoms with van der Waals surface area (Å²) in [6.45, 7) is 2.65. The third kappa shape index (κ3) is 3.74. The Balaban J connectivity index is 2.41. The van der Waals surface area contributed by atoms with Gasteiger partial charge in [-0.2, -0.15) is 0 Å². The topological polar surface area (TPSA) is 72.2 Å². The van der Waals surface area contributed by atoms with Gasteiger partial charge in [-0.15, -0.1) is 0 Å². The summed E-state index contributed by atoms with van der Waals surface area (Å²) in [6.07, 6.45) is 5.36. The summed E-state index contributed by atoms with van der Waals surface area (Å²) in [4.78, 5) is 0. The van der Waals surface area contributed by atoms with E-state index < -0.39 is 15.3 Å².